The Kier molecular flexibility index (Phi) is 4.72. The molecule has 0 radical (unpaired) electrons. The summed E-state index contributed by atoms with van der Waals surface area (Å²) in [5, 5.41) is 11.3. The van der Waals surface area contributed by atoms with E-state index >= 15 is 0 Å². The highest BCUT2D eigenvalue weighted by Crippen LogP contribution is 2.12. The van der Waals surface area contributed by atoms with Crippen molar-refractivity contribution in [3.05, 3.63) is 11.9 Å². The van der Waals surface area contributed by atoms with Crippen LogP contribution in [0.1, 0.15) is 30.4 Å². The summed E-state index contributed by atoms with van der Waals surface area (Å²) in [6, 6.07) is 0.483. The Hall–Kier alpha value is -1.47. The smallest absolute Gasteiger partial charge is 0.276 e. The molecular formula is C13H24N6O. The van der Waals surface area contributed by atoms with Gasteiger partial charge in [-0.3, -0.25) is 4.79 Å². The Balaban J connectivity index is 2.05. The fraction of sp³-hybridized carbons (Fsp3) is 0.769. The number of nitrogens with one attached hydrogen (secondary N) is 1. The summed E-state index contributed by atoms with van der Waals surface area (Å²) < 4.78 is 1.79. The molecule has 7 nitrogen and oxygen atoms in total. The van der Waals surface area contributed by atoms with E-state index in [0.29, 0.717) is 18.3 Å². The van der Waals surface area contributed by atoms with Gasteiger partial charge < -0.3 is 15.1 Å². The molecule has 1 aromatic rings. The van der Waals surface area contributed by atoms with Crippen molar-refractivity contribution < 1.29 is 4.79 Å². The van der Waals surface area contributed by atoms with E-state index in [1.165, 1.54) is 0 Å². The summed E-state index contributed by atoms with van der Waals surface area (Å²) in [5.74, 6) is -0.0413. The standard InChI is InChI=1S/C13H24N6O/c1-5-18(10(2)8-17(3)4)13(20)12-9-19(16-15-12)11-6-14-7-11/h9-11,14H,5-8H2,1-4H3. The Morgan fingerprint density at radius 2 is 2.25 bits per heavy atom. The van der Waals surface area contributed by atoms with Crippen LogP contribution in [0.2, 0.25) is 0 Å². The van der Waals surface area contributed by atoms with Gasteiger partial charge in [0.15, 0.2) is 5.69 Å². The minimum absolute atomic E-state index is 0.0413. The maximum atomic E-state index is 12.5. The third-order valence-electron chi connectivity index (χ3n) is 3.63. The molecule has 0 aromatic carbocycles. The summed E-state index contributed by atoms with van der Waals surface area (Å²) >= 11 is 0. The first kappa shape index (κ1) is 14.9. The van der Waals surface area contributed by atoms with E-state index in [1.807, 2.05) is 25.9 Å². The fourth-order valence-electron chi connectivity index (χ4n) is 2.44. The quantitative estimate of drug-likeness (QED) is 0.784. The first-order chi connectivity index (χ1) is 9.52. The third kappa shape index (κ3) is 3.16. The highest BCUT2D eigenvalue weighted by molar-refractivity contribution is 5.92. The SMILES string of the molecule is CCN(C(=O)c1cn(C2CNC2)nn1)C(C)CN(C)C. The number of hydrogen-bond acceptors (Lipinski definition) is 5. The molecule has 1 atom stereocenters. The van der Waals surface area contributed by atoms with Crippen LogP contribution in [0.25, 0.3) is 0 Å². The molecular weight excluding hydrogens is 256 g/mol. The van der Waals surface area contributed by atoms with Crippen LogP contribution in [0.4, 0.5) is 0 Å². The highest BCUT2D eigenvalue weighted by Gasteiger charge is 2.25. The van der Waals surface area contributed by atoms with Crippen molar-refractivity contribution in [3.63, 3.8) is 0 Å². The predicted octanol–water partition coefficient (Wildman–Crippen LogP) is -0.165. The number of nitrogens with zero attached hydrogens (tertiary/aromatic N) is 5. The molecule has 1 aliphatic heterocycles. The van der Waals surface area contributed by atoms with E-state index < -0.39 is 0 Å². The van der Waals surface area contributed by atoms with Gasteiger partial charge in [-0.1, -0.05) is 5.21 Å². The topological polar surface area (TPSA) is 66.3 Å². The number of amides is 1. The van der Waals surface area contributed by atoms with Gasteiger partial charge in [0.2, 0.25) is 0 Å². The van der Waals surface area contributed by atoms with Gasteiger partial charge in [0.25, 0.3) is 5.91 Å². The molecule has 1 amide bonds. The van der Waals surface area contributed by atoms with Crippen LogP contribution in [0.5, 0.6) is 0 Å². The van der Waals surface area contributed by atoms with Gasteiger partial charge in [-0.05, 0) is 27.9 Å². The number of carbonyl (C=O) groups excluding carboxylic acids is 1. The largest absolute Gasteiger partial charge is 0.333 e. The van der Waals surface area contributed by atoms with E-state index in [2.05, 4.69) is 27.5 Å². The number of likely N-dealkylation sites (N-methyl/N-ethyl adjacent to an activating group) is 2. The van der Waals surface area contributed by atoms with E-state index in [9.17, 15) is 4.79 Å². The van der Waals surface area contributed by atoms with Gasteiger partial charge in [-0.2, -0.15) is 0 Å². The van der Waals surface area contributed by atoms with Gasteiger partial charge in [0.1, 0.15) is 0 Å². The molecule has 0 bridgehead atoms. The van der Waals surface area contributed by atoms with Crippen molar-refractivity contribution in [3.8, 4) is 0 Å². The monoisotopic (exact) mass is 280 g/mol. The second-order valence-corrected chi connectivity index (χ2v) is 5.60. The van der Waals surface area contributed by atoms with E-state index in [4.69, 9.17) is 0 Å². The molecule has 1 fully saturated rings. The summed E-state index contributed by atoms with van der Waals surface area (Å²) in [7, 11) is 4.02. The number of carbonyl (C=O) groups is 1. The van der Waals surface area contributed by atoms with Crippen LogP contribution in [-0.4, -0.2) is 77.0 Å². The second kappa shape index (κ2) is 6.32. The minimum Gasteiger partial charge on any atom is -0.333 e. The molecule has 2 heterocycles. The molecule has 1 N–H and O–H groups in total. The van der Waals surface area contributed by atoms with Crippen LogP contribution in [0.3, 0.4) is 0 Å². The lowest BCUT2D eigenvalue weighted by Gasteiger charge is -2.29. The third-order valence-corrected chi connectivity index (χ3v) is 3.63. The molecule has 1 saturated heterocycles. The number of hydrogen-bond donors (Lipinski definition) is 1. The Morgan fingerprint density at radius 1 is 1.55 bits per heavy atom. The van der Waals surface area contributed by atoms with Gasteiger partial charge >= 0.3 is 0 Å². The normalized spacial score (nSPS) is 17.1. The van der Waals surface area contributed by atoms with Crippen LogP contribution in [0, 0.1) is 0 Å². The molecule has 1 aliphatic rings. The lowest BCUT2D eigenvalue weighted by Crippen LogP contribution is -2.44. The Labute approximate surface area is 119 Å². The maximum Gasteiger partial charge on any atom is 0.276 e. The van der Waals surface area contributed by atoms with Crippen molar-refractivity contribution in [2.24, 2.45) is 0 Å². The van der Waals surface area contributed by atoms with Crippen LogP contribution < -0.4 is 5.32 Å². The van der Waals surface area contributed by atoms with Crippen LogP contribution in [0.15, 0.2) is 6.20 Å². The van der Waals surface area contributed by atoms with Crippen molar-refractivity contribution in [1.82, 2.24) is 30.1 Å². The van der Waals surface area contributed by atoms with E-state index in [1.54, 1.807) is 10.9 Å². The summed E-state index contributed by atoms with van der Waals surface area (Å²) in [6.45, 7) is 7.34. The van der Waals surface area contributed by atoms with Gasteiger partial charge in [-0.25, -0.2) is 4.68 Å². The van der Waals surface area contributed by atoms with Crippen molar-refractivity contribution in [2.75, 3.05) is 40.3 Å². The molecule has 2 rings (SSSR count). The molecule has 0 spiro atoms. The average Bonchev–Trinajstić information content (AvgIpc) is 2.75. The van der Waals surface area contributed by atoms with Gasteiger partial charge in [0.05, 0.1) is 12.2 Å². The summed E-state index contributed by atoms with van der Waals surface area (Å²) in [5.41, 5.74) is 0.435. The van der Waals surface area contributed by atoms with Crippen molar-refractivity contribution in [1.29, 1.82) is 0 Å². The van der Waals surface area contributed by atoms with Gasteiger partial charge in [0, 0.05) is 32.2 Å². The molecule has 7 heteroatoms. The molecule has 1 unspecified atom stereocenters. The van der Waals surface area contributed by atoms with Crippen LogP contribution in [-0.2, 0) is 0 Å². The lowest BCUT2D eigenvalue weighted by atomic mass is 10.2. The fourth-order valence-corrected chi connectivity index (χ4v) is 2.44. The zero-order chi connectivity index (χ0) is 14.7. The van der Waals surface area contributed by atoms with E-state index in [-0.39, 0.29) is 11.9 Å². The van der Waals surface area contributed by atoms with Crippen molar-refractivity contribution in [2.45, 2.75) is 25.9 Å². The Morgan fingerprint density at radius 3 is 2.75 bits per heavy atom. The maximum absolute atomic E-state index is 12.5. The predicted molar refractivity (Wildman–Crippen MR) is 76.7 cm³/mol. The lowest BCUT2D eigenvalue weighted by molar-refractivity contribution is 0.0673. The molecule has 20 heavy (non-hydrogen) atoms. The zero-order valence-corrected chi connectivity index (χ0v) is 12.7. The van der Waals surface area contributed by atoms with E-state index in [0.717, 1.165) is 19.6 Å². The minimum atomic E-state index is -0.0413. The van der Waals surface area contributed by atoms with Crippen LogP contribution >= 0.6 is 0 Å². The molecule has 1 aromatic heterocycles. The highest BCUT2D eigenvalue weighted by atomic mass is 16.2. The second-order valence-electron chi connectivity index (χ2n) is 5.60. The number of aromatic nitrogens is 3. The summed E-state index contributed by atoms with van der Waals surface area (Å²) in [4.78, 5) is 16.4. The average molecular weight is 280 g/mol. The summed E-state index contributed by atoms with van der Waals surface area (Å²) in [6.07, 6.45) is 1.76. The van der Waals surface area contributed by atoms with Gasteiger partial charge in [-0.15, -0.1) is 5.10 Å². The first-order valence-corrected chi connectivity index (χ1v) is 7.11. The zero-order valence-electron chi connectivity index (χ0n) is 12.7. The molecule has 0 aliphatic carbocycles. The molecule has 0 saturated carbocycles. The number of rotatable bonds is 6. The first-order valence-electron chi connectivity index (χ1n) is 7.11. The molecule has 112 valence electrons. The van der Waals surface area contributed by atoms with Crippen molar-refractivity contribution >= 4 is 5.91 Å². The Bertz CT molecular complexity index is 453.